The Hall–Kier alpha value is -0.920. The molecule has 0 bridgehead atoms. The van der Waals surface area contributed by atoms with Crippen LogP contribution in [-0.2, 0) is 10.0 Å². The van der Waals surface area contributed by atoms with Gasteiger partial charge in [-0.25, -0.2) is 18.1 Å². The minimum absolute atomic E-state index is 0.0190. The van der Waals surface area contributed by atoms with Crippen LogP contribution in [0.3, 0.4) is 0 Å². The normalized spacial score (nSPS) is 19.0. The van der Waals surface area contributed by atoms with E-state index in [1.807, 2.05) is 0 Å². The summed E-state index contributed by atoms with van der Waals surface area (Å²) in [5.41, 5.74) is 0. The second-order valence-electron chi connectivity index (χ2n) is 3.67. The third-order valence-electron chi connectivity index (χ3n) is 2.41. The Morgan fingerprint density at radius 3 is 2.93 bits per heavy atom. The number of aliphatic hydroxyl groups is 1. The number of imidazole rings is 1. The number of sulfonamides is 1. The van der Waals surface area contributed by atoms with Gasteiger partial charge in [0.25, 0.3) is 10.0 Å². The molecule has 0 radical (unpaired) electrons. The first-order valence-corrected chi connectivity index (χ1v) is 6.24. The van der Waals surface area contributed by atoms with Crippen LogP contribution in [0.25, 0.3) is 0 Å². The maximum atomic E-state index is 11.5. The molecule has 1 aliphatic carbocycles. The molecule has 1 aromatic heterocycles. The van der Waals surface area contributed by atoms with Gasteiger partial charge in [-0.05, 0) is 18.8 Å². The van der Waals surface area contributed by atoms with Crippen LogP contribution in [0.15, 0.2) is 17.6 Å². The van der Waals surface area contributed by atoms with Crippen molar-refractivity contribution in [2.24, 2.45) is 5.92 Å². The summed E-state index contributed by atoms with van der Waals surface area (Å²) in [6.07, 6.45) is 3.90. The summed E-state index contributed by atoms with van der Waals surface area (Å²) in [4.78, 5) is 6.13. The van der Waals surface area contributed by atoms with Crippen LogP contribution in [-0.4, -0.2) is 36.1 Å². The van der Waals surface area contributed by atoms with Crippen LogP contribution in [0.4, 0.5) is 0 Å². The lowest BCUT2D eigenvalue weighted by molar-refractivity contribution is 0.155. The summed E-state index contributed by atoms with van der Waals surface area (Å²) in [7, 11) is -3.55. The molecule has 0 aromatic carbocycles. The van der Waals surface area contributed by atoms with Crippen LogP contribution >= 0.6 is 0 Å². The van der Waals surface area contributed by atoms with Crippen LogP contribution in [0.1, 0.15) is 12.8 Å². The van der Waals surface area contributed by atoms with E-state index in [4.69, 9.17) is 0 Å². The van der Waals surface area contributed by atoms with Crippen molar-refractivity contribution < 1.29 is 13.5 Å². The van der Waals surface area contributed by atoms with Crippen LogP contribution in [0, 0.1) is 5.92 Å². The van der Waals surface area contributed by atoms with Crippen molar-refractivity contribution in [2.45, 2.75) is 24.0 Å². The predicted octanol–water partition coefficient (Wildman–Crippen LogP) is -0.541. The Bertz CT molecular complexity index is 410. The van der Waals surface area contributed by atoms with Crippen LogP contribution in [0.5, 0.6) is 0 Å². The lowest BCUT2D eigenvalue weighted by Gasteiger charge is -2.09. The van der Waals surface area contributed by atoms with E-state index in [1.54, 1.807) is 0 Å². The summed E-state index contributed by atoms with van der Waals surface area (Å²) < 4.78 is 25.4. The monoisotopic (exact) mass is 231 g/mol. The van der Waals surface area contributed by atoms with Gasteiger partial charge in [0.15, 0.2) is 5.03 Å². The number of nitrogens with one attached hydrogen (secondary N) is 2. The molecule has 0 aliphatic heterocycles. The molecule has 0 saturated heterocycles. The van der Waals surface area contributed by atoms with Crippen molar-refractivity contribution in [3.63, 3.8) is 0 Å². The summed E-state index contributed by atoms with van der Waals surface area (Å²) in [6, 6.07) is 0. The van der Waals surface area contributed by atoms with Gasteiger partial charge < -0.3 is 10.1 Å². The zero-order chi connectivity index (χ0) is 10.9. The summed E-state index contributed by atoms with van der Waals surface area (Å²) >= 11 is 0. The van der Waals surface area contributed by atoms with Gasteiger partial charge in [-0.1, -0.05) is 0 Å². The number of aliphatic hydroxyl groups excluding tert-OH is 1. The molecule has 3 N–H and O–H groups in total. The average molecular weight is 231 g/mol. The summed E-state index contributed by atoms with van der Waals surface area (Å²) in [5.74, 6) is 0.259. The van der Waals surface area contributed by atoms with Crippen molar-refractivity contribution in [3.8, 4) is 0 Å². The fourth-order valence-corrected chi connectivity index (χ4v) is 2.26. The number of hydrogen-bond acceptors (Lipinski definition) is 4. The van der Waals surface area contributed by atoms with Crippen molar-refractivity contribution in [1.82, 2.24) is 14.7 Å². The minimum atomic E-state index is -3.55. The smallest absolute Gasteiger partial charge is 0.257 e. The third kappa shape index (κ3) is 2.55. The molecule has 2 rings (SSSR count). The Balaban J connectivity index is 1.93. The number of nitrogens with zero attached hydrogens (tertiary/aromatic N) is 1. The predicted molar refractivity (Wildman–Crippen MR) is 52.5 cm³/mol. The van der Waals surface area contributed by atoms with E-state index < -0.39 is 16.1 Å². The van der Waals surface area contributed by atoms with Gasteiger partial charge in [-0.3, -0.25) is 0 Å². The molecule has 1 fully saturated rings. The van der Waals surface area contributed by atoms with E-state index in [-0.39, 0.29) is 17.5 Å². The quantitative estimate of drug-likeness (QED) is 0.634. The van der Waals surface area contributed by atoms with E-state index in [0.29, 0.717) is 0 Å². The molecular formula is C8H13N3O3S. The maximum Gasteiger partial charge on any atom is 0.257 e. The molecule has 1 saturated carbocycles. The zero-order valence-electron chi connectivity index (χ0n) is 8.05. The van der Waals surface area contributed by atoms with Crippen LogP contribution < -0.4 is 4.72 Å². The summed E-state index contributed by atoms with van der Waals surface area (Å²) in [6.45, 7) is 0.0615. The minimum Gasteiger partial charge on any atom is -0.391 e. The van der Waals surface area contributed by atoms with Gasteiger partial charge in [-0.2, -0.15) is 0 Å². The van der Waals surface area contributed by atoms with E-state index in [9.17, 15) is 13.5 Å². The lowest BCUT2D eigenvalue weighted by atomic mass is 10.2. The van der Waals surface area contributed by atoms with E-state index in [1.165, 1.54) is 12.5 Å². The highest BCUT2D eigenvalue weighted by atomic mass is 32.2. The maximum absolute atomic E-state index is 11.5. The number of aromatic nitrogens is 2. The molecule has 1 unspecified atom stereocenters. The first-order chi connectivity index (χ1) is 7.09. The number of rotatable bonds is 5. The Labute approximate surface area is 87.8 Å². The van der Waals surface area contributed by atoms with Gasteiger partial charge in [-0.15, -0.1) is 0 Å². The standard InChI is InChI=1S/C8H13N3O3S/c12-7(6-1-2-6)3-11-15(13,14)8-4-9-5-10-8/h4-7,11-12H,1-3H2,(H,9,10). The highest BCUT2D eigenvalue weighted by Crippen LogP contribution is 2.32. The zero-order valence-corrected chi connectivity index (χ0v) is 8.87. The fraction of sp³-hybridized carbons (Fsp3) is 0.625. The second-order valence-corrected chi connectivity index (χ2v) is 5.41. The highest BCUT2D eigenvalue weighted by molar-refractivity contribution is 7.89. The van der Waals surface area contributed by atoms with E-state index >= 15 is 0 Å². The third-order valence-corrected chi connectivity index (χ3v) is 3.76. The van der Waals surface area contributed by atoms with Crippen LogP contribution in [0.2, 0.25) is 0 Å². The van der Waals surface area contributed by atoms with Crippen molar-refractivity contribution in [1.29, 1.82) is 0 Å². The largest absolute Gasteiger partial charge is 0.391 e. The van der Waals surface area contributed by atoms with E-state index in [2.05, 4.69) is 14.7 Å². The Kier molecular flexibility index (Phi) is 2.76. The molecular weight excluding hydrogens is 218 g/mol. The van der Waals surface area contributed by atoms with Gasteiger partial charge in [0.2, 0.25) is 0 Å². The average Bonchev–Trinajstić information content (AvgIpc) is 2.89. The molecule has 15 heavy (non-hydrogen) atoms. The highest BCUT2D eigenvalue weighted by Gasteiger charge is 2.30. The molecule has 7 heteroatoms. The molecule has 0 spiro atoms. The second kappa shape index (κ2) is 3.92. The molecule has 1 aromatic rings. The fourth-order valence-electron chi connectivity index (χ4n) is 1.31. The topological polar surface area (TPSA) is 95.1 Å². The number of H-pyrrole nitrogens is 1. The number of hydrogen-bond donors (Lipinski definition) is 3. The summed E-state index contributed by atoms with van der Waals surface area (Å²) in [5, 5.41) is 9.52. The molecule has 0 amide bonds. The first-order valence-electron chi connectivity index (χ1n) is 4.76. The molecule has 1 aliphatic rings. The van der Waals surface area contributed by atoms with E-state index in [0.717, 1.165) is 12.8 Å². The van der Waals surface area contributed by atoms with Gasteiger partial charge >= 0.3 is 0 Å². The Morgan fingerprint density at radius 1 is 1.67 bits per heavy atom. The first kappa shape index (κ1) is 10.6. The van der Waals surface area contributed by atoms with Crippen molar-refractivity contribution in [3.05, 3.63) is 12.5 Å². The van der Waals surface area contributed by atoms with Crippen molar-refractivity contribution in [2.75, 3.05) is 6.54 Å². The Morgan fingerprint density at radius 2 is 2.40 bits per heavy atom. The molecule has 1 atom stereocenters. The SMILES string of the molecule is O=S(=O)(NCC(O)C1CC1)c1cnc[nH]1. The molecule has 6 nitrogen and oxygen atoms in total. The van der Waals surface area contributed by atoms with Gasteiger partial charge in [0.05, 0.1) is 18.6 Å². The molecule has 84 valence electrons. The number of aromatic amines is 1. The van der Waals surface area contributed by atoms with Crippen molar-refractivity contribution >= 4 is 10.0 Å². The van der Waals surface area contributed by atoms with Gasteiger partial charge in [0, 0.05) is 6.54 Å². The molecule has 1 heterocycles. The van der Waals surface area contributed by atoms with Gasteiger partial charge in [0.1, 0.15) is 0 Å². The lowest BCUT2D eigenvalue weighted by Crippen LogP contribution is -2.33.